The molecule has 0 unspecified atom stereocenters. The minimum atomic E-state index is -0.258. The number of pyridine rings is 1. The van der Waals surface area contributed by atoms with Crippen molar-refractivity contribution in [3.63, 3.8) is 0 Å². The van der Waals surface area contributed by atoms with E-state index >= 15 is 0 Å². The number of benzene rings is 1. The lowest BCUT2D eigenvalue weighted by Gasteiger charge is -2.09. The molecule has 0 radical (unpaired) electrons. The van der Waals surface area contributed by atoms with Crippen molar-refractivity contribution in [3.05, 3.63) is 65.5 Å². The Bertz CT molecular complexity index is 699. The number of nitrogens with one attached hydrogen (secondary N) is 2. The van der Waals surface area contributed by atoms with Crippen LogP contribution in [0.2, 0.25) is 0 Å². The quantitative estimate of drug-likeness (QED) is 0.727. The molecule has 0 aliphatic rings. The molecular formula is C20H25N3O2. The molecule has 2 amide bonds. The van der Waals surface area contributed by atoms with Crippen molar-refractivity contribution >= 4 is 11.8 Å². The van der Waals surface area contributed by atoms with Crippen LogP contribution < -0.4 is 10.6 Å². The molecule has 0 aliphatic heterocycles. The lowest BCUT2D eigenvalue weighted by atomic mass is 10.1. The maximum absolute atomic E-state index is 12.2. The summed E-state index contributed by atoms with van der Waals surface area (Å²) in [5.41, 5.74) is 1.96. The maximum atomic E-state index is 12.2. The second-order valence-corrected chi connectivity index (χ2v) is 6.38. The Morgan fingerprint density at radius 1 is 1.04 bits per heavy atom. The molecule has 2 N–H and O–H groups in total. The first kappa shape index (κ1) is 18.6. The molecule has 0 atom stereocenters. The summed E-state index contributed by atoms with van der Waals surface area (Å²) in [5.74, 6) is -0.0704. The van der Waals surface area contributed by atoms with Crippen molar-refractivity contribution in [2.75, 3.05) is 13.1 Å². The third-order valence-electron chi connectivity index (χ3n) is 3.70. The van der Waals surface area contributed by atoms with Gasteiger partial charge >= 0.3 is 0 Å². The van der Waals surface area contributed by atoms with Crippen molar-refractivity contribution in [1.82, 2.24) is 15.6 Å². The zero-order valence-corrected chi connectivity index (χ0v) is 14.8. The van der Waals surface area contributed by atoms with Gasteiger partial charge in [-0.05, 0) is 36.5 Å². The molecule has 25 heavy (non-hydrogen) atoms. The fraction of sp³-hybridized carbons (Fsp3) is 0.350. The van der Waals surface area contributed by atoms with Gasteiger partial charge in [0.2, 0.25) is 0 Å². The number of carbonyl (C=O) groups excluding carboxylic acids is 2. The normalized spacial score (nSPS) is 10.5. The number of carbonyl (C=O) groups is 2. The summed E-state index contributed by atoms with van der Waals surface area (Å²) in [6, 6.07) is 13.3. The van der Waals surface area contributed by atoms with Crippen molar-refractivity contribution in [2.45, 2.75) is 26.7 Å². The van der Waals surface area contributed by atoms with Gasteiger partial charge in [0.1, 0.15) is 5.69 Å². The van der Waals surface area contributed by atoms with Crippen molar-refractivity contribution in [3.8, 4) is 0 Å². The smallest absolute Gasteiger partial charge is 0.269 e. The van der Waals surface area contributed by atoms with Crippen molar-refractivity contribution in [1.29, 1.82) is 0 Å². The third-order valence-corrected chi connectivity index (χ3v) is 3.70. The maximum Gasteiger partial charge on any atom is 0.269 e. The van der Waals surface area contributed by atoms with Crippen LogP contribution in [0.5, 0.6) is 0 Å². The predicted molar refractivity (Wildman–Crippen MR) is 98.5 cm³/mol. The van der Waals surface area contributed by atoms with Crippen LogP contribution in [0.25, 0.3) is 0 Å². The molecule has 0 saturated carbocycles. The molecule has 1 aromatic heterocycles. The summed E-state index contributed by atoms with van der Waals surface area (Å²) in [6.07, 6.45) is 3.25. The highest BCUT2D eigenvalue weighted by molar-refractivity contribution is 5.98. The molecule has 1 aromatic carbocycles. The molecule has 0 spiro atoms. The van der Waals surface area contributed by atoms with Gasteiger partial charge in [-0.15, -0.1) is 0 Å². The minimum Gasteiger partial charge on any atom is -0.352 e. The van der Waals surface area contributed by atoms with Gasteiger partial charge in [0.25, 0.3) is 11.8 Å². The number of aromatic nitrogens is 1. The van der Waals surface area contributed by atoms with E-state index < -0.39 is 0 Å². The Kier molecular flexibility index (Phi) is 7.14. The number of hydrogen-bond acceptors (Lipinski definition) is 3. The Hall–Kier alpha value is -2.69. The molecule has 0 fully saturated rings. The Balaban J connectivity index is 1.83. The molecule has 0 bridgehead atoms. The van der Waals surface area contributed by atoms with Crippen LogP contribution in [-0.2, 0) is 6.42 Å². The summed E-state index contributed by atoms with van der Waals surface area (Å²) in [5, 5.41) is 5.69. The van der Waals surface area contributed by atoms with E-state index in [1.54, 1.807) is 6.07 Å². The monoisotopic (exact) mass is 339 g/mol. The molecule has 2 rings (SSSR count). The Labute approximate surface area is 148 Å². The molecule has 1 heterocycles. The van der Waals surface area contributed by atoms with Gasteiger partial charge in [0, 0.05) is 24.8 Å². The zero-order valence-electron chi connectivity index (χ0n) is 14.8. The van der Waals surface area contributed by atoms with E-state index in [4.69, 9.17) is 0 Å². The fourth-order valence-electron chi connectivity index (χ4n) is 2.32. The summed E-state index contributed by atoms with van der Waals surface area (Å²) in [4.78, 5) is 28.3. The van der Waals surface area contributed by atoms with E-state index in [9.17, 15) is 9.59 Å². The highest BCUT2D eigenvalue weighted by Crippen LogP contribution is 2.04. The summed E-state index contributed by atoms with van der Waals surface area (Å²) in [6.45, 7) is 5.23. The van der Waals surface area contributed by atoms with Crippen molar-refractivity contribution in [2.24, 2.45) is 5.92 Å². The van der Waals surface area contributed by atoms with Crippen LogP contribution in [0, 0.1) is 5.92 Å². The van der Waals surface area contributed by atoms with Gasteiger partial charge in [0.05, 0.1) is 0 Å². The SMILES string of the molecule is CC(C)CNC(=O)c1ccnc(C(=O)NCCCc2ccccc2)c1. The molecule has 0 aliphatic carbocycles. The highest BCUT2D eigenvalue weighted by atomic mass is 16.2. The largest absolute Gasteiger partial charge is 0.352 e. The summed E-state index contributed by atoms with van der Waals surface area (Å²) >= 11 is 0. The van der Waals surface area contributed by atoms with Crippen LogP contribution in [0.3, 0.4) is 0 Å². The molecular weight excluding hydrogens is 314 g/mol. The number of aryl methyl sites for hydroxylation is 1. The molecule has 5 nitrogen and oxygen atoms in total. The van der Waals surface area contributed by atoms with Gasteiger partial charge in [0.15, 0.2) is 0 Å². The second-order valence-electron chi connectivity index (χ2n) is 6.38. The van der Waals surface area contributed by atoms with Crippen LogP contribution >= 0.6 is 0 Å². The van der Waals surface area contributed by atoms with Gasteiger partial charge < -0.3 is 10.6 Å². The average Bonchev–Trinajstić information content (AvgIpc) is 2.64. The zero-order chi connectivity index (χ0) is 18.1. The Morgan fingerprint density at radius 2 is 1.80 bits per heavy atom. The lowest BCUT2D eigenvalue weighted by Crippen LogP contribution is -2.29. The first-order valence-corrected chi connectivity index (χ1v) is 8.62. The highest BCUT2D eigenvalue weighted by Gasteiger charge is 2.11. The number of amides is 2. The number of rotatable bonds is 8. The van der Waals surface area contributed by atoms with E-state index in [2.05, 4.69) is 27.8 Å². The first-order valence-electron chi connectivity index (χ1n) is 8.62. The topological polar surface area (TPSA) is 71.1 Å². The first-order chi connectivity index (χ1) is 12.1. The molecule has 2 aromatic rings. The minimum absolute atomic E-state index is 0.186. The van der Waals surface area contributed by atoms with E-state index in [0.717, 1.165) is 12.8 Å². The second kappa shape index (κ2) is 9.57. The van der Waals surface area contributed by atoms with Gasteiger partial charge in [-0.1, -0.05) is 44.2 Å². The van der Waals surface area contributed by atoms with Gasteiger partial charge in [-0.25, -0.2) is 0 Å². The van der Waals surface area contributed by atoms with Crippen molar-refractivity contribution < 1.29 is 9.59 Å². The van der Waals surface area contributed by atoms with Crippen LogP contribution in [0.1, 0.15) is 46.7 Å². The average molecular weight is 339 g/mol. The number of nitrogens with zero attached hydrogens (tertiary/aromatic N) is 1. The molecule has 132 valence electrons. The third kappa shape index (κ3) is 6.37. The fourth-order valence-corrected chi connectivity index (χ4v) is 2.32. The number of hydrogen-bond donors (Lipinski definition) is 2. The van der Waals surface area contributed by atoms with Crippen LogP contribution in [0.4, 0.5) is 0 Å². The summed E-state index contributed by atoms with van der Waals surface area (Å²) in [7, 11) is 0. The summed E-state index contributed by atoms with van der Waals surface area (Å²) < 4.78 is 0. The lowest BCUT2D eigenvalue weighted by molar-refractivity contribution is 0.0948. The van der Waals surface area contributed by atoms with E-state index in [1.165, 1.54) is 17.8 Å². The van der Waals surface area contributed by atoms with E-state index in [1.807, 2.05) is 32.0 Å². The van der Waals surface area contributed by atoms with Crippen LogP contribution in [-0.4, -0.2) is 29.9 Å². The molecule has 0 saturated heterocycles. The molecule has 5 heteroatoms. The van der Waals surface area contributed by atoms with Crippen LogP contribution in [0.15, 0.2) is 48.7 Å². The van der Waals surface area contributed by atoms with E-state index in [0.29, 0.717) is 24.6 Å². The van der Waals surface area contributed by atoms with Gasteiger partial charge in [-0.2, -0.15) is 0 Å². The standard InChI is InChI=1S/C20H25N3O2/c1-15(2)14-23-19(24)17-10-12-21-18(13-17)20(25)22-11-6-9-16-7-4-3-5-8-16/h3-5,7-8,10,12-13,15H,6,9,11,14H2,1-2H3,(H,22,25)(H,23,24). The predicted octanol–water partition coefficient (Wildman–Crippen LogP) is 2.83. The van der Waals surface area contributed by atoms with E-state index in [-0.39, 0.29) is 17.5 Å². The van der Waals surface area contributed by atoms with Gasteiger partial charge in [-0.3, -0.25) is 14.6 Å². The Morgan fingerprint density at radius 3 is 2.52 bits per heavy atom.